The zero-order valence-corrected chi connectivity index (χ0v) is 10.2. The predicted molar refractivity (Wildman–Crippen MR) is 66.9 cm³/mol. The van der Waals surface area contributed by atoms with Gasteiger partial charge in [-0.15, -0.1) is 11.3 Å². The van der Waals surface area contributed by atoms with E-state index in [1.165, 1.54) is 6.07 Å². The number of amides is 2. The number of benzene rings is 1. The second-order valence-electron chi connectivity index (χ2n) is 4.48. The minimum atomic E-state index is -0.502. The SMILES string of the molecule is O=C1CC(=O)c2sc3c4c(ccc1c24)C(=O)NC3=O. The highest BCUT2D eigenvalue weighted by molar-refractivity contribution is 7.18. The van der Waals surface area contributed by atoms with Gasteiger partial charge in [0.1, 0.15) is 4.88 Å². The summed E-state index contributed by atoms with van der Waals surface area (Å²) >= 11 is 1.06. The number of Topliss-reactive ketones (excluding diaryl/α,β-unsaturated/α-hetero) is 2. The molecule has 1 aliphatic carbocycles. The number of ketones is 2. The maximum Gasteiger partial charge on any atom is 0.268 e. The van der Waals surface area contributed by atoms with Crippen molar-refractivity contribution in [2.45, 2.75) is 6.42 Å². The van der Waals surface area contributed by atoms with Crippen LogP contribution < -0.4 is 5.32 Å². The highest BCUT2D eigenvalue weighted by atomic mass is 32.1. The van der Waals surface area contributed by atoms with E-state index in [9.17, 15) is 19.2 Å². The van der Waals surface area contributed by atoms with E-state index in [4.69, 9.17) is 0 Å². The molecule has 2 aliphatic rings. The lowest BCUT2D eigenvalue weighted by molar-refractivity contribution is 0.0841. The first-order valence-electron chi connectivity index (χ1n) is 5.59. The number of hydrogen-bond acceptors (Lipinski definition) is 5. The molecule has 0 fully saturated rings. The van der Waals surface area contributed by atoms with Crippen molar-refractivity contribution in [1.82, 2.24) is 5.32 Å². The Morgan fingerprint density at radius 3 is 2.32 bits per heavy atom. The minimum Gasteiger partial charge on any atom is -0.294 e. The number of carbonyl (C=O) groups is 4. The third-order valence-electron chi connectivity index (χ3n) is 3.42. The fourth-order valence-corrected chi connectivity index (χ4v) is 3.77. The predicted octanol–water partition coefficient (Wildman–Crippen LogP) is 1.55. The molecule has 0 unspecified atom stereocenters. The third kappa shape index (κ3) is 1.14. The van der Waals surface area contributed by atoms with Gasteiger partial charge < -0.3 is 0 Å². The van der Waals surface area contributed by atoms with E-state index in [2.05, 4.69) is 5.32 Å². The molecular formula is C13H5NO4S. The van der Waals surface area contributed by atoms with E-state index in [0.717, 1.165) is 11.3 Å². The molecule has 1 N–H and O–H groups in total. The van der Waals surface area contributed by atoms with Gasteiger partial charge in [-0.3, -0.25) is 24.5 Å². The quantitative estimate of drug-likeness (QED) is 0.582. The fourth-order valence-electron chi connectivity index (χ4n) is 2.60. The van der Waals surface area contributed by atoms with Crippen LogP contribution in [-0.4, -0.2) is 23.4 Å². The van der Waals surface area contributed by atoms with Crippen molar-refractivity contribution in [3.05, 3.63) is 33.0 Å². The summed E-state index contributed by atoms with van der Waals surface area (Å²) in [4.78, 5) is 48.1. The average Bonchev–Trinajstić information content (AvgIpc) is 2.76. The van der Waals surface area contributed by atoms with Gasteiger partial charge in [-0.2, -0.15) is 0 Å². The first kappa shape index (κ1) is 10.6. The van der Waals surface area contributed by atoms with E-state index < -0.39 is 11.8 Å². The second-order valence-corrected chi connectivity index (χ2v) is 5.50. The van der Waals surface area contributed by atoms with Crippen molar-refractivity contribution >= 4 is 45.5 Å². The summed E-state index contributed by atoms with van der Waals surface area (Å²) in [7, 11) is 0. The molecule has 0 saturated carbocycles. The van der Waals surface area contributed by atoms with Crippen LogP contribution in [0.1, 0.15) is 46.5 Å². The summed E-state index contributed by atoms with van der Waals surface area (Å²) in [6.45, 7) is 0. The molecule has 0 saturated heterocycles. The molecule has 0 bridgehead atoms. The Labute approximate surface area is 110 Å². The molecule has 0 atom stereocenters. The Bertz CT molecular complexity index is 778. The number of thiophene rings is 1. The van der Waals surface area contributed by atoms with Crippen LogP contribution in [0.2, 0.25) is 0 Å². The summed E-state index contributed by atoms with van der Waals surface area (Å²) in [5.41, 5.74) is 0.775. The molecule has 6 heteroatoms. The lowest BCUT2D eigenvalue weighted by Gasteiger charge is -2.14. The van der Waals surface area contributed by atoms with Gasteiger partial charge in [-0.05, 0) is 12.1 Å². The molecule has 4 rings (SSSR count). The average molecular weight is 271 g/mol. The topological polar surface area (TPSA) is 80.3 Å². The van der Waals surface area contributed by atoms with Gasteiger partial charge in [-0.1, -0.05) is 0 Å². The molecular weight excluding hydrogens is 266 g/mol. The molecule has 2 amide bonds. The van der Waals surface area contributed by atoms with Crippen molar-refractivity contribution < 1.29 is 19.2 Å². The van der Waals surface area contributed by atoms with Crippen LogP contribution in [0.4, 0.5) is 0 Å². The van der Waals surface area contributed by atoms with Gasteiger partial charge in [0, 0.05) is 21.9 Å². The van der Waals surface area contributed by atoms with Gasteiger partial charge in [0.2, 0.25) is 0 Å². The van der Waals surface area contributed by atoms with Crippen molar-refractivity contribution in [1.29, 1.82) is 0 Å². The van der Waals surface area contributed by atoms with Crippen LogP contribution in [0.5, 0.6) is 0 Å². The molecule has 0 spiro atoms. The first-order chi connectivity index (χ1) is 9.08. The molecule has 1 aromatic carbocycles. The molecule has 1 aromatic heterocycles. The number of hydrogen-bond donors (Lipinski definition) is 1. The second kappa shape index (κ2) is 3.16. The Hall–Kier alpha value is -2.34. The normalized spacial score (nSPS) is 17.1. The van der Waals surface area contributed by atoms with E-state index in [1.54, 1.807) is 6.07 Å². The molecule has 5 nitrogen and oxygen atoms in total. The lowest BCUT2D eigenvalue weighted by atomic mass is 9.89. The number of imide groups is 1. The number of carbonyl (C=O) groups excluding carboxylic acids is 4. The number of nitrogens with one attached hydrogen (secondary N) is 1. The van der Waals surface area contributed by atoms with Crippen molar-refractivity contribution in [2.75, 3.05) is 0 Å². The van der Waals surface area contributed by atoms with E-state index in [-0.39, 0.29) is 18.0 Å². The van der Waals surface area contributed by atoms with Gasteiger partial charge in [0.15, 0.2) is 11.6 Å². The number of rotatable bonds is 0. The zero-order chi connectivity index (χ0) is 13.3. The van der Waals surface area contributed by atoms with Crippen LogP contribution >= 0.6 is 11.3 Å². The van der Waals surface area contributed by atoms with Crippen LogP contribution in [0, 0.1) is 0 Å². The summed E-state index contributed by atoms with van der Waals surface area (Å²) in [6.07, 6.45) is -0.170. The van der Waals surface area contributed by atoms with Crippen molar-refractivity contribution in [2.24, 2.45) is 0 Å². The Kier molecular flexibility index (Phi) is 1.76. The zero-order valence-electron chi connectivity index (χ0n) is 9.40. The summed E-state index contributed by atoms with van der Waals surface area (Å²) in [6, 6.07) is 3.09. The lowest BCUT2D eigenvalue weighted by Crippen LogP contribution is -2.33. The highest BCUT2D eigenvalue weighted by Gasteiger charge is 2.35. The van der Waals surface area contributed by atoms with Crippen LogP contribution in [-0.2, 0) is 0 Å². The molecule has 19 heavy (non-hydrogen) atoms. The van der Waals surface area contributed by atoms with E-state index in [0.29, 0.717) is 31.7 Å². The Morgan fingerprint density at radius 1 is 0.842 bits per heavy atom. The standard InChI is InChI=1S/C13H5NO4S/c15-6-3-7(16)10-8-4(6)1-2-5-9(8)11(19-10)13(18)14-12(5)17/h1-2H,3H2,(H,14,17,18). The van der Waals surface area contributed by atoms with Gasteiger partial charge in [0.25, 0.3) is 11.8 Å². The van der Waals surface area contributed by atoms with Crippen LogP contribution in [0.15, 0.2) is 12.1 Å². The smallest absolute Gasteiger partial charge is 0.268 e. The summed E-state index contributed by atoms with van der Waals surface area (Å²) in [5, 5.41) is 3.16. The molecule has 2 aromatic rings. The maximum absolute atomic E-state index is 11.9. The van der Waals surface area contributed by atoms with Crippen molar-refractivity contribution in [3.63, 3.8) is 0 Å². The van der Waals surface area contributed by atoms with Gasteiger partial charge >= 0.3 is 0 Å². The van der Waals surface area contributed by atoms with E-state index >= 15 is 0 Å². The largest absolute Gasteiger partial charge is 0.294 e. The highest BCUT2D eigenvalue weighted by Crippen LogP contribution is 2.41. The van der Waals surface area contributed by atoms with Gasteiger partial charge in [0.05, 0.1) is 11.3 Å². The Morgan fingerprint density at radius 2 is 1.53 bits per heavy atom. The Balaban J connectivity index is 2.28. The van der Waals surface area contributed by atoms with Crippen molar-refractivity contribution in [3.8, 4) is 0 Å². The third-order valence-corrected chi connectivity index (χ3v) is 4.65. The monoisotopic (exact) mass is 271 g/mol. The molecule has 0 radical (unpaired) electrons. The van der Waals surface area contributed by atoms with Gasteiger partial charge in [-0.25, -0.2) is 0 Å². The first-order valence-corrected chi connectivity index (χ1v) is 6.41. The van der Waals surface area contributed by atoms with Crippen LogP contribution in [0.25, 0.3) is 10.8 Å². The molecule has 2 heterocycles. The van der Waals surface area contributed by atoms with Crippen LogP contribution in [0.3, 0.4) is 0 Å². The molecule has 1 aliphatic heterocycles. The fraction of sp³-hybridized carbons (Fsp3) is 0.0769. The summed E-state index contributed by atoms with van der Waals surface area (Å²) in [5.74, 6) is -1.53. The summed E-state index contributed by atoms with van der Waals surface area (Å²) < 4.78 is 0. The van der Waals surface area contributed by atoms with E-state index in [1.807, 2.05) is 0 Å². The minimum absolute atomic E-state index is 0.170. The molecule has 92 valence electrons. The maximum atomic E-state index is 11.9.